The van der Waals surface area contributed by atoms with E-state index >= 15 is 0 Å². The molecule has 0 aromatic heterocycles. The van der Waals surface area contributed by atoms with E-state index in [1.54, 1.807) is 27.8 Å². The van der Waals surface area contributed by atoms with Crippen LogP contribution in [0.25, 0.3) is 0 Å². The largest absolute Gasteiger partial charge is 0.206 e. The number of rotatable bonds is 1. The third-order valence-electron chi connectivity index (χ3n) is 8.42. The highest BCUT2D eigenvalue weighted by Gasteiger charge is 2.30. The van der Waals surface area contributed by atoms with Crippen molar-refractivity contribution in [3.05, 3.63) is 67.5 Å². The van der Waals surface area contributed by atoms with Gasteiger partial charge in [0.05, 0.1) is 0 Å². The van der Waals surface area contributed by atoms with E-state index in [9.17, 15) is 4.39 Å². The molecule has 0 aliphatic heterocycles. The first-order valence-corrected chi connectivity index (χ1v) is 15.3. The van der Waals surface area contributed by atoms with Gasteiger partial charge in [-0.1, -0.05) is 68.4 Å². The van der Waals surface area contributed by atoms with Gasteiger partial charge in [0, 0.05) is 0 Å². The van der Waals surface area contributed by atoms with Crippen molar-refractivity contribution in [2.75, 3.05) is 0 Å². The highest BCUT2D eigenvalue weighted by atomic mass is 19.1. The fraction of sp³-hybridized carbons (Fsp3) is 0.657. The standard InChI is InChI=1S/C16H22.C15H19F.2C2H6/c1-16(2,3)15-13-8-4-6-11(13)10-12-7-5-9-14(12)15;1-9(2)14-10-5-3-7-12(10)15(16)13-8-4-6-11(13)14;2*1-2/h10H,4-9H2,1-3H3;9H,3-8H2,1-2H3;2*1-2H3. The molecule has 4 aliphatic rings. The zero-order valence-corrected chi connectivity index (χ0v) is 25.0. The van der Waals surface area contributed by atoms with Gasteiger partial charge in [-0.15, -0.1) is 0 Å². The molecular weight excluding hydrogens is 439 g/mol. The second-order valence-corrected chi connectivity index (χ2v) is 12.0. The second-order valence-electron chi connectivity index (χ2n) is 12.0. The fourth-order valence-electron chi connectivity index (χ4n) is 7.35. The molecule has 0 saturated heterocycles. The number of aryl methyl sites for hydroxylation is 2. The van der Waals surface area contributed by atoms with E-state index in [1.165, 1.54) is 55.2 Å². The summed E-state index contributed by atoms with van der Waals surface area (Å²) in [5, 5.41) is 0. The van der Waals surface area contributed by atoms with Crippen LogP contribution < -0.4 is 0 Å². The van der Waals surface area contributed by atoms with Crippen LogP contribution >= 0.6 is 0 Å². The Morgan fingerprint density at radius 3 is 1.33 bits per heavy atom. The minimum absolute atomic E-state index is 0.157. The van der Waals surface area contributed by atoms with Gasteiger partial charge in [0.2, 0.25) is 0 Å². The molecule has 0 N–H and O–H groups in total. The lowest BCUT2D eigenvalue weighted by Gasteiger charge is -2.27. The van der Waals surface area contributed by atoms with Gasteiger partial charge < -0.3 is 0 Å². The molecule has 0 heterocycles. The highest BCUT2D eigenvalue weighted by molar-refractivity contribution is 5.53. The Kier molecular flexibility index (Phi) is 9.87. The molecule has 0 bridgehead atoms. The van der Waals surface area contributed by atoms with Crippen molar-refractivity contribution in [1.29, 1.82) is 0 Å². The Morgan fingerprint density at radius 1 is 0.583 bits per heavy atom. The molecule has 0 radical (unpaired) electrons. The minimum atomic E-state index is 0.157. The van der Waals surface area contributed by atoms with Crippen molar-refractivity contribution in [1.82, 2.24) is 0 Å². The van der Waals surface area contributed by atoms with Crippen LogP contribution in [-0.4, -0.2) is 0 Å². The van der Waals surface area contributed by atoms with Crippen molar-refractivity contribution in [2.24, 2.45) is 0 Å². The molecule has 2 aromatic carbocycles. The van der Waals surface area contributed by atoms with Crippen molar-refractivity contribution < 1.29 is 4.39 Å². The molecular formula is C35H53F. The maximum atomic E-state index is 14.3. The van der Waals surface area contributed by atoms with Gasteiger partial charge in [-0.25, -0.2) is 4.39 Å². The Balaban J connectivity index is 0.000000177. The summed E-state index contributed by atoms with van der Waals surface area (Å²) < 4.78 is 14.3. The summed E-state index contributed by atoms with van der Waals surface area (Å²) in [6.45, 7) is 19.7. The van der Waals surface area contributed by atoms with Crippen LogP contribution in [0.2, 0.25) is 0 Å². The van der Waals surface area contributed by atoms with Gasteiger partial charge in [-0.2, -0.15) is 0 Å². The van der Waals surface area contributed by atoms with Crippen LogP contribution in [0.1, 0.15) is 150 Å². The summed E-state index contributed by atoms with van der Waals surface area (Å²) in [4.78, 5) is 0. The lowest BCUT2D eigenvalue weighted by atomic mass is 9.78. The number of halogens is 1. The molecule has 0 atom stereocenters. The van der Waals surface area contributed by atoms with Gasteiger partial charge in [-0.05, 0) is 144 Å². The number of fused-ring (bicyclic) bond motifs is 4. The van der Waals surface area contributed by atoms with Crippen molar-refractivity contribution in [3.63, 3.8) is 0 Å². The van der Waals surface area contributed by atoms with Crippen molar-refractivity contribution in [3.8, 4) is 0 Å². The predicted molar refractivity (Wildman–Crippen MR) is 156 cm³/mol. The van der Waals surface area contributed by atoms with Crippen LogP contribution in [0.5, 0.6) is 0 Å². The lowest BCUT2D eigenvalue weighted by molar-refractivity contribution is 0.577. The molecule has 0 saturated carbocycles. The molecule has 4 aliphatic carbocycles. The average Bonchev–Trinajstić information content (AvgIpc) is 3.66. The van der Waals surface area contributed by atoms with E-state index in [0.29, 0.717) is 11.3 Å². The average molecular weight is 493 g/mol. The first-order chi connectivity index (χ1) is 17.3. The topological polar surface area (TPSA) is 0 Å². The smallest absolute Gasteiger partial charge is 0.130 e. The zero-order valence-electron chi connectivity index (χ0n) is 25.0. The monoisotopic (exact) mass is 492 g/mol. The Hall–Kier alpha value is -1.63. The SMILES string of the molecule is CC.CC.CC(C)(C)c1c2c(cc3c1CCC3)CCC2.CC(C)c1c2c(c(F)c3c1CCC3)CCC2. The van der Waals surface area contributed by atoms with Gasteiger partial charge in [0.1, 0.15) is 5.82 Å². The van der Waals surface area contributed by atoms with Gasteiger partial charge >= 0.3 is 0 Å². The lowest BCUT2D eigenvalue weighted by Crippen LogP contribution is -2.17. The fourth-order valence-corrected chi connectivity index (χ4v) is 7.35. The Labute approximate surface area is 222 Å². The number of hydrogen-bond acceptors (Lipinski definition) is 0. The quantitative estimate of drug-likeness (QED) is 0.371. The zero-order chi connectivity index (χ0) is 26.6. The van der Waals surface area contributed by atoms with E-state index in [2.05, 4.69) is 40.7 Å². The van der Waals surface area contributed by atoms with Gasteiger partial charge in [0.25, 0.3) is 0 Å². The Morgan fingerprint density at radius 2 is 0.944 bits per heavy atom. The molecule has 0 nitrogen and oxygen atoms in total. The maximum absolute atomic E-state index is 14.3. The van der Waals surface area contributed by atoms with Crippen LogP contribution in [0.3, 0.4) is 0 Å². The third-order valence-corrected chi connectivity index (χ3v) is 8.42. The first kappa shape index (κ1) is 28.9. The van der Waals surface area contributed by atoms with Crippen molar-refractivity contribution in [2.45, 2.75) is 151 Å². The molecule has 36 heavy (non-hydrogen) atoms. The summed E-state index contributed by atoms with van der Waals surface area (Å²) in [5.41, 5.74) is 15.2. The summed E-state index contributed by atoms with van der Waals surface area (Å²) in [7, 11) is 0. The predicted octanol–water partition coefficient (Wildman–Crippen LogP) is 9.94. The van der Waals surface area contributed by atoms with E-state index in [4.69, 9.17) is 0 Å². The summed E-state index contributed by atoms with van der Waals surface area (Å²) in [5.74, 6) is 0.712. The van der Waals surface area contributed by atoms with Crippen molar-refractivity contribution >= 4 is 0 Å². The third kappa shape index (κ3) is 5.46. The molecule has 0 unspecified atom stereocenters. The molecule has 0 fully saturated rings. The Bertz CT molecular complexity index is 981. The number of hydrogen-bond donors (Lipinski definition) is 0. The molecule has 0 amide bonds. The molecule has 6 rings (SSSR count). The van der Waals surface area contributed by atoms with Gasteiger partial charge in [0.15, 0.2) is 0 Å². The molecule has 1 heteroatoms. The second kappa shape index (κ2) is 12.3. The summed E-state index contributed by atoms with van der Waals surface area (Å²) >= 11 is 0. The minimum Gasteiger partial charge on any atom is -0.206 e. The van der Waals surface area contributed by atoms with E-state index < -0.39 is 0 Å². The van der Waals surface area contributed by atoms with Crippen LogP contribution in [-0.2, 0) is 56.8 Å². The van der Waals surface area contributed by atoms with Crippen LogP contribution in [0.15, 0.2) is 6.07 Å². The number of benzene rings is 2. The summed E-state index contributed by atoms with van der Waals surface area (Å²) in [6.07, 6.45) is 14.5. The van der Waals surface area contributed by atoms with Crippen LogP contribution in [0.4, 0.5) is 4.39 Å². The van der Waals surface area contributed by atoms with Gasteiger partial charge in [-0.3, -0.25) is 0 Å². The normalized spacial score (nSPS) is 16.6. The van der Waals surface area contributed by atoms with E-state index in [1.807, 2.05) is 27.7 Å². The maximum Gasteiger partial charge on any atom is 0.130 e. The van der Waals surface area contributed by atoms with Crippen LogP contribution in [0, 0.1) is 5.82 Å². The molecule has 2 aromatic rings. The molecule has 0 spiro atoms. The van der Waals surface area contributed by atoms with E-state index in [-0.39, 0.29) is 5.82 Å². The van der Waals surface area contributed by atoms with E-state index in [0.717, 1.165) is 49.7 Å². The highest BCUT2D eigenvalue weighted by Crippen LogP contribution is 2.42. The summed E-state index contributed by atoms with van der Waals surface area (Å²) in [6, 6.07) is 2.53. The molecule has 200 valence electrons. The first-order valence-electron chi connectivity index (χ1n) is 15.3.